The lowest BCUT2D eigenvalue weighted by Gasteiger charge is -2.12. The summed E-state index contributed by atoms with van der Waals surface area (Å²) in [5.74, 6) is -0.474. The van der Waals surface area contributed by atoms with Crippen LogP contribution < -0.4 is 10.7 Å². The molecule has 136 valence electrons. The quantitative estimate of drug-likeness (QED) is 0.614. The fraction of sp³-hybridized carbons (Fsp3) is 0.286. The standard InChI is InChI=1S/C21H25N3O2/c1-14-5-7-18(8-6-14)13-22-24-20(26)10-9-19(25)23-21-16(3)11-15(2)12-17(21)4/h5-8,11-13H,9-10H2,1-4H3,(H,23,25)(H,24,26)/b22-13+. The Hall–Kier alpha value is -2.95. The molecule has 0 aromatic heterocycles. The van der Waals surface area contributed by atoms with Crippen LogP contribution in [0.2, 0.25) is 0 Å². The lowest BCUT2D eigenvalue weighted by atomic mass is 10.0. The van der Waals surface area contributed by atoms with E-state index in [0.717, 1.165) is 33.5 Å². The molecule has 0 bridgehead atoms. The Morgan fingerprint density at radius 3 is 2.08 bits per heavy atom. The Morgan fingerprint density at radius 1 is 0.885 bits per heavy atom. The molecule has 5 heteroatoms. The van der Waals surface area contributed by atoms with Crippen LogP contribution in [0.3, 0.4) is 0 Å². The molecule has 26 heavy (non-hydrogen) atoms. The number of amides is 2. The number of rotatable bonds is 6. The summed E-state index contributed by atoms with van der Waals surface area (Å²) in [7, 11) is 0. The van der Waals surface area contributed by atoms with Crippen LogP contribution in [0, 0.1) is 27.7 Å². The molecular weight excluding hydrogens is 326 g/mol. The number of hydrazone groups is 1. The molecular formula is C21H25N3O2. The Bertz CT molecular complexity index is 801. The summed E-state index contributed by atoms with van der Waals surface area (Å²) in [6.45, 7) is 7.95. The van der Waals surface area contributed by atoms with Gasteiger partial charge in [0.1, 0.15) is 0 Å². The van der Waals surface area contributed by atoms with E-state index in [1.165, 1.54) is 0 Å². The highest BCUT2D eigenvalue weighted by Crippen LogP contribution is 2.22. The summed E-state index contributed by atoms with van der Waals surface area (Å²) in [5, 5.41) is 6.81. The molecule has 0 spiro atoms. The van der Waals surface area contributed by atoms with Crippen molar-refractivity contribution >= 4 is 23.7 Å². The van der Waals surface area contributed by atoms with Crippen molar-refractivity contribution in [3.05, 3.63) is 64.2 Å². The second-order valence-electron chi connectivity index (χ2n) is 6.53. The van der Waals surface area contributed by atoms with E-state index >= 15 is 0 Å². The molecule has 5 nitrogen and oxygen atoms in total. The van der Waals surface area contributed by atoms with Crippen LogP contribution in [0.15, 0.2) is 41.5 Å². The van der Waals surface area contributed by atoms with Crippen LogP contribution in [0.4, 0.5) is 5.69 Å². The first-order chi connectivity index (χ1) is 12.3. The number of nitrogens with one attached hydrogen (secondary N) is 2. The minimum Gasteiger partial charge on any atom is -0.326 e. The summed E-state index contributed by atoms with van der Waals surface area (Å²) in [6, 6.07) is 11.8. The number of aryl methyl sites for hydroxylation is 4. The predicted molar refractivity (Wildman–Crippen MR) is 105 cm³/mol. The molecule has 0 atom stereocenters. The van der Waals surface area contributed by atoms with Gasteiger partial charge in [-0.2, -0.15) is 5.10 Å². The fourth-order valence-corrected chi connectivity index (χ4v) is 2.69. The third-order valence-electron chi connectivity index (χ3n) is 4.00. The van der Waals surface area contributed by atoms with E-state index < -0.39 is 0 Å². The average molecular weight is 351 g/mol. The first-order valence-corrected chi connectivity index (χ1v) is 8.61. The molecule has 2 amide bonds. The van der Waals surface area contributed by atoms with Crippen molar-refractivity contribution in [3.8, 4) is 0 Å². The zero-order valence-electron chi connectivity index (χ0n) is 15.7. The number of nitrogens with zero attached hydrogens (tertiary/aromatic N) is 1. The summed E-state index contributed by atoms with van der Waals surface area (Å²) in [6.07, 6.45) is 1.77. The maximum atomic E-state index is 12.1. The zero-order valence-corrected chi connectivity index (χ0v) is 15.7. The minimum atomic E-state index is -0.291. The second-order valence-corrected chi connectivity index (χ2v) is 6.53. The van der Waals surface area contributed by atoms with Gasteiger partial charge < -0.3 is 5.32 Å². The number of benzene rings is 2. The van der Waals surface area contributed by atoms with Gasteiger partial charge in [0.2, 0.25) is 11.8 Å². The Morgan fingerprint density at radius 2 is 1.46 bits per heavy atom. The third-order valence-corrected chi connectivity index (χ3v) is 4.00. The highest BCUT2D eigenvalue weighted by molar-refractivity contribution is 5.94. The first kappa shape index (κ1) is 19.4. The van der Waals surface area contributed by atoms with Crippen molar-refractivity contribution in [3.63, 3.8) is 0 Å². The topological polar surface area (TPSA) is 70.6 Å². The predicted octanol–water partition coefficient (Wildman–Crippen LogP) is 3.79. The molecule has 0 unspecified atom stereocenters. The van der Waals surface area contributed by atoms with Crippen LogP contribution in [-0.4, -0.2) is 18.0 Å². The van der Waals surface area contributed by atoms with Crippen molar-refractivity contribution < 1.29 is 9.59 Å². The van der Waals surface area contributed by atoms with E-state index in [0.29, 0.717) is 0 Å². The maximum Gasteiger partial charge on any atom is 0.240 e. The van der Waals surface area contributed by atoms with Gasteiger partial charge in [0.05, 0.1) is 6.21 Å². The van der Waals surface area contributed by atoms with Crippen molar-refractivity contribution in [2.75, 3.05) is 5.32 Å². The smallest absolute Gasteiger partial charge is 0.240 e. The number of anilines is 1. The number of carbonyl (C=O) groups is 2. The van der Waals surface area contributed by atoms with E-state index in [1.807, 2.05) is 64.1 Å². The number of hydrogen-bond donors (Lipinski definition) is 2. The van der Waals surface area contributed by atoms with Crippen LogP contribution in [0.5, 0.6) is 0 Å². The SMILES string of the molecule is Cc1ccc(/C=N/NC(=O)CCC(=O)Nc2c(C)cc(C)cc2C)cc1. The number of hydrogen-bond acceptors (Lipinski definition) is 3. The number of carbonyl (C=O) groups excluding carboxylic acids is 2. The van der Waals surface area contributed by atoms with Crippen LogP contribution >= 0.6 is 0 Å². The van der Waals surface area contributed by atoms with E-state index in [2.05, 4.69) is 15.8 Å². The second kappa shape index (κ2) is 8.94. The van der Waals surface area contributed by atoms with Crippen molar-refractivity contribution in [2.45, 2.75) is 40.5 Å². The van der Waals surface area contributed by atoms with Gasteiger partial charge in [0.25, 0.3) is 0 Å². The summed E-state index contributed by atoms with van der Waals surface area (Å²) in [5.41, 5.74) is 8.52. The molecule has 0 aliphatic heterocycles. The summed E-state index contributed by atoms with van der Waals surface area (Å²) in [4.78, 5) is 23.9. The molecule has 0 saturated heterocycles. The van der Waals surface area contributed by atoms with E-state index in [1.54, 1.807) is 6.21 Å². The normalized spacial score (nSPS) is 10.8. The third kappa shape index (κ3) is 5.84. The minimum absolute atomic E-state index is 0.0844. The van der Waals surface area contributed by atoms with Gasteiger partial charge in [-0.15, -0.1) is 0 Å². The summed E-state index contributed by atoms with van der Waals surface area (Å²) >= 11 is 0. The van der Waals surface area contributed by atoms with Crippen LogP contribution in [-0.2, 0) is 9.59 Å². The van der Waals surface area contributed by atoms with Crippen molar-refractivity contribution in [1.29, 1.82) is 0 Å². The lowest BCUT2D eigenvalue weighted by molar-refractivity contribution is -0.124. The highest BCUT2D eigenvalue weighted by atomic mass is 16.2. The molecule has 0 heterocycles. The summed E-state index contributed by atoms with van der Waals surface area (Å²) < 4.78 is 0. The zero-order chi connectivity index (χ0) is 19.1. The Kier molecular flexibility index (Phi) is 6.67. The van der Waals surface area contributed by atoms with Gasteiger partial charge in [0.15, 0.2) is 0 Å². The monoisotopic (exact) mass is 351 g/mol. The molecule has 0 fully saturated rings. The van der Waals surface area contributed by atoms with Crippen molar-refractivity contribution in [1.82, 2.24) is 5.43 Å². The molecule has 0 saturated carbocycles. The molecule has 2 rings (SSSR count). The van der Waals surface area contributed by atoms with Crippen LogP contribution in [0.1, 0.15) is 40.7 Å². The van der Waals surface area contributed by atoms with Gasteiger partial charge >= 0.3 is 0 Å². The van der Waals surface area contributed by atoms with Crippen LogP contribution in [0.25, 0.3) is 0 Å². The highest BCUT2D eigenvalue weighted by Gasteiger charge is 2.10. The molecule has 0 aliphatic carbocycles. The fourth-order valence-electron chi connectivity index (χ4n) is 2.69. The molecule has 2 aromatic carbocycles. The van der Waals surface area contributed by atoms with Crippen molar-refractivity contribution in [2.24, 2.45) is 5.10 Å². The van der Waals surface area contributed by atoms with E-state index in [4.69, 9.17) is 0 Å². The Balaban J connectivity index is 1.80. The van der Waals surface area contributed by atoms with Gasteiger partial charge in [-0.1, -0.05) is 47.5 Å². The van der Waals surface area contributed by atoms with E-state index in [-0.39, 0.29) is 24.7 Å². The Labute approximate surface area is 154 Å². The van der Waals surface area contributed by atoms with Gasteiger partial charge in [-0.3, -0.25) is 9.59 Å². The van der Waals surface area contributed by atoms with Gasteiger partial charge in [-0.05, 0) is 44.4 Å². The first-order valence-electron chi connectivity index (χ1n) is 8.61. The molecule has 2 aromatic rings. The lowest BCUT2D eigenvalue weighted by Crippen LogP contribution is -2.21. The maximum absolute atomic E-state index is 12.1. The largest absolute Gasteiger partial charge is 0.326 e. The van der Waals surface area contributed by atoms with Gasteiger partial charge in [-0.25, -0.2) is 5.43 Å². The van der Waals surface area contributed by atoms with Gasteiger partial charge in [0, 0.05) is 18.5 Å². The molecule has 0 aliphatic rings. The van der Waals surface area contributed by atoms with E-state index in [9.17, 15) is 9.59 Å². The average Bonchev–Trinajstić information content (AvgIpc) is 2.58. The molecule has 2 N–H and O–H groups in total. The molecule has 0 radical (unpaired) electrons.